The van der Waals surface area contributed by atoms with Gasteiger partial charge in [0.2, 0.25) is 0 Å². The molecule has 6 heteroatoms. The summed E-state index contributed by atoms with van der Waals surface area (Å²) >= 11 is 9.28. The molecule has 4 rings (SSSR count). The molecule has 1 heterocycles. The molecule has 4 aromatic rings. The third-order valence-corrected chi connectivity index (χ3v) is 5.90. The average molecular weight is 492 g/mol. The lowest BCUT2D eigenvalue weighted by Crippen LogP contribution is -2.39. The molecule has 0 saturated carbocycles. The van der Waals surface area contributed by atoms with Crippen LogP contribution in [0, 0.1) is 0 Å². The number of benzene rings is 3. The second-order valence-corrected chi connectivity index (χ2v) is 8.20. The Morgan fingerprint density at radius 3 is 2.48 bits per heavy atom. The van der Waals surface area contributed by atoms with E-state index >= 15 is 0 Å². The molecule has 0 spiro atoms. The van der Waals surface area contributed by atoms with Crippen molar-refractivity contribution in [3.8, 4) is 0 Å². The SMILES string of the molecule is OCc1ccc[n+](/C(C(=S)Nc2cccc3ccccc23)=C(/O)c2ccccc2Br)c1. The van der Waals surface area contributed by atoms with Crippen LogP contribution in [-0.2, 0) is 6.61 Å². The summed E-state index contributed by atoms with van der Waals surface area (Å²) in [7, 11) is 0. The van der Waals surface area contributed by atoms with Gasteiger partial charge in [0, 0.05) is 32.7 Å². The zero-order valence-corrected chi connectivity index (χ0v) is 18.9. The van der Waals surface area contributed by atoms with Crippen LogP contribution >= 0.6 is 28.1 Å². The Morgan fingerprint density at radius 2 is 1.68 bits per heavy atom. The van der Waals surface area contributed by atoms with Crippen LogP contribution in [0.5, 0.6) is 0 Å². The van der Waals surface area contributed by atoms with E-state index in [1.807, 2.05) is 72.8 Å². The molecule has 4 nitrogen and oxygen atoms in total. The number of anilines is 1. The molecule has 3 N–H and O–H groups in total. The van der Waals surface area contributed by atoms with Gasteiger partial charge in [-0.3, -0.25) is 0 Å². The van der Waals surface area contributed by atoms with Gasteiger partial charge < -0.3 is 15.5 Å². The number of aliphatic hydroxyl groups is 2. The Morgan fingerprint density at radius 1 is 0.935 bits per heavy atom. The first-order chi connectivity index (χ1) is 15.1. The maximum absolute atomic E-state index is 11.3. The fourth-order valence-corrected chi connectivity index (χ4v) is 4.19. The van der Waals surface area contributed by atoms with Gasteiger partial charge in [0.25, 0.3) is 5.70 Å². The van der Waals surface area contributed by atoms with Crippen LogP contribution in [0.25, 0.3) is 22.2 Å². The lowest BCUT2D eigenvalue weighted by atomic mass is 10.1. The quantitative estimate of drug-likeness (QED) is 0.145. The van der Waals surface area contributed by atoms with E-state index in [1.165, 1.54) is 0 Å². The first-order valence-electron chi connectivity index (χ1n) is 9.67. The maximum atomic E-state index is 11.3. The van der Waals surface area contributed by atoms with Crippen LogP contribution in [0.15, 0.2) is 95.7 Å². The van der Waals surface area contributed by atoms with E-state index in [4.69, 9.17) is 12.2 Å². The van der Waals surface area contributed by atoms with E-state index < -0.39 is 0 Å². The molecular weight excluding hydrogens is 472 g/mol. The Bertz CT molecular complexity index is 1300. The van der Waals surface area contributed by atoms with Gasteiger partial charge in [-0.2, -0.15) is 4.57 Å². The molecule has 0 radical (unpaired) electrons. The molecule has 0 saturated heterocycles. The van der Waals surface area contributed by atoms with Crippen LogP contribution in [0.3, 0.4) is 0 Å². The van der Waals surface area contributed by atoms with Gasteiger partial charge in [-0.15, -0.1) is 0 Å². The molecule has 3 aromatic carbocycles. The zero-order valence-electron chi connectivity index (χ0n) is 16.5. The van der Waals surface area contributed by atoms with Crippen molar-refractivity contribution in [3.63, 3.8) is 0 Å². The van der Waals surface area contributed by atoms with Crippen molar-refractivity contribution in [2.45, 2.75) is 6.61 Å². The van der Waals surface area contributed by atoms with Crippen LogP contribution in [-0.4, -0.2) is 15.2 Å². The molecule has 31 heavy (non-hydrogen) atoms. The van der Waals surface area contributed by atoms with Crippen molar-refractivity contribution in [1.82, 2.24) is 0 Å². The van der Waals surface area contributed by atoms with Crippen molar-refractivity contribution in [2.75, 3.05) is 5.32 Å². The molecular formula is C25H20BrN2O2S+. The molecule has 0 atom stereocenters. The van der Waals surface area contributed by atoms with Crippen LogP contribution in [0.4, 0.5) is 5.69 Å². The summed E-state index contributed by atoms with van der Waals surface area (Å²) in [6, 6.07) is 25.0. The second-order valence-electron chi connectivity index (χ2n) is 6.94. The van der Waals surface area contributed by atoms with Gasteiger partial charge in [-0.05, 0) is 29.7 Å². The smallest absolute Gasteiger partial charge is 0.288 e. The number of thiocarbonyl (C=S) groups is 1. The second kappa shape index (κ2) is 9.39. The summed E-state index contributed by atoms with van der Waals surface area (Å²) in [6.07, 6.45) is 3.54. The van der Waals surface area contributed by atoms with Gasteiger partial charge in [0.05, 0.1) is 6.61 Å². The topological polar surface area (TPSA) is 56.4 Å². The van der Waals surface area contributed by atoms with E-state index in [-0.39, 0.29) is 12.4 Å². The Kier molecular flexibility index (Phi) is 6.42. The molecule has 0 bridgehead atoms. The first kappa shape index (κ1) is 21.2. The van der Waals surface area contributed by atoms with E-state index in [2.05, 4.69) is 21.2 Å². The number of rotatable bonds is 5. The maximum Gasteiger partial charge on any atom is 0.288 e. The number of halogens is 1. The van der Waals surface area contributed by atoms with E-state index in [1.54, 1.807) is 23.0 Å². The minimum absolute atomic E-state index is 0.0188. The Balaban J connectivity index is 1.85. The fraction of sp³-hybridized carbons (Fsp3) is 0.0400. The van der Waals surface area contributed by atoms with Crippen molar-refractivity contribution >= 4 is 61.1 Å². The van der Waals surface area contributed by atoms with Gasteiger partial charge in [-0.1, -0.05) is 76.7 Å². The summed E-state index contributed by atoms with van der Waals surface area (Å²) < 4.78 is 2.47. The number of aromatic nitrogens is 1. The van der Waals surface area contributed by atoms with Gasteiger partial charge >= 0.3 is 0 Å². The predicted molar refractivity (Wildman–Crippen MR) is 133 cm³/mol. The number of pyridine rings is 1. The van der Waals surface area contributed by atoms with Gasteiger partial charge in [0.1, 0.15) is 0 Å². The van der Waals surface area contributed by atoms with Crippen molar-refractivity contribution < 1.29 is 14.8 Å². The molecule has 0 aliphatic carbocycles. The highest BCUT2D eigenvalue weighted by atomic mass is 79.9. The summed E-state index contributed by atoms with van der Waals surface area (Å²) in [5.41, 5.74) is 2.57. The van der Waals surface area contributed by atoms with Crippen LogP contribution in [0.1, 0.15) is 11.1 Å². The molecule has 0 aliphatic heterocycles. The number of hydrogen-bond acceptors (Lipinski definition) is 3. The normalized spacial score (nSPS) is 11.8. The zero-order chi connectivity index (χ0) is 21.8. The third kappa shape index (κ3) is 4.51. The lowest BCUT2D eigenvalue weighted by Gasteiger charge is -2.13. The molecule has 0 amide bonds. The number of fused-ring (bicyclic) bond motifs is 1. The lowest BCUT2D eigenvalue weighted by molar-refractivity contribution is -0.576. The molecule has 0 fully saturated rings. The average Bonchev–Trinajstić information content (AvgIpc) is 2.80. The molecule has 154 valence electrons. The monoisotopic (exact) mass is 491 g/mol. The third-order valence-electron chi connectivity index (χ3n) is 4.91. The molecule has 0 unspecified atom stereocenters. The first-order valence-corrected chi connectivity index (χ1v) is 10.9. The number of aliphatic hydroxyl groups excluding tert-OH is 2. The highest BCUT2D eigenvalue weighted by Crippen LogP contribution is 2.28. The summed E-state index contributed by atoms with van der Waals surface area (Å²) in [5, 5.41) is 26.3. The van der Waals surface area contributed by atoms with Crippen molar-refractivity contribution in [2.24, 2.45) is 0 Å². The van der Waals surface area contributed by atoms with E-state index in [0.29, 0.717) is 21.8 Å². The number of nitrogens with zero attached hydrogens (tertiary/aromatic N) is 1. The number of hydrogen-bond donors (Lipinski definition) is 3. The Labute approximate surface area is 194 Å². The highest BCUT2D eigenvalue weighted by Gasteiger charge is 2.25. The largest absolute Gasteiger partial charge is 0.502 e. The van der Waals surface area contributed by atoms with E-state index in [0.717, 1.165) is 20.9 Å². The van der Waals surface area contributed by atoms with Gasteiger partial charge in [-0.25, -0.2) is 0 Å². The molecule has 0 aliphatic rings. The van der Waals surface area contributed by atoms with E-state index in [9.17, 15) is 10.2 Å². The van der Waals surface area contributed by atoms with Crippen molar-refractivity contribution in [3.05, 3.63) is 107 Å². The minimum atomic E-state index is -0.118. The standard InChI is InChI=1S/C25H19BrN2O2S/c26-21-12-4-3-11-20(21)24(30)23(28-14-6-7-17(15-28)16-29)25(31)27-22-13-5-9-18-8-1-2-10-19(18)22/h1-15,29H,16H2,(H-,27,30,31)/p+1. The molecule has 1 aromatic heterocycles. The number of nitrogens with one attached hydrogen (secondary N) is 1. The summed E-state index contributed by atoms with van der Waals surface area (Å²) in [5.74, 6) is 0.0188. The highest BCUT2D eigenvalue weighted by molar-refractivity contribution is 9.10. The fourth-order valence-electron chi connectivity index (χ4n) is 3.40. The summed E-state index contributed by atoms with van der Waals surface area (Å²) in [4.78, 5) is 0.352. The Hall–Kier alpha value is -3.06. The predicted octanol–water partition coefficient (Wildman–Crippen LogP) is 5.71. The van der Waals surface area contributed by atoms with Crippen LogP contribution < -0.4 is 9.88 Å². The van der Waals surface area contributed by atoms with Crippen molar-refractivity contribution in [1.29, 1.82) is 0 Å². The summed E-state index contributed by atoms with van der Waals surface area (Å²) in [6.45, 7) is -0.118. The minimum Gasteiger partial charge on any atom is -0.502 e. The van der Waals surface area contributed by atoms with Gasteiger partial charge in [0.15, 0.2) is 23.1 Å². The van der Waals surface area contributed by atoms with Crippen LogP contribution in [0.2, 0.25) is 0 Å².